The Morgan fingerprint density at radius 1 is 1.53 bits per heavy atom. The minimum absolute atomic E-state index is 0.0427. The van der Waals surface area contributed by atoms with E-state index in [1.54, 1.807) is 6.07 Å². The van der Waals surface area contributed by atoms with E-state index in [1.807, 2.05) is 0 Å². The summed E-state index contributed by atoms with van der Waals surface area (Å²) in [5.41, 5.74) is 0. The fraction of sp³-hybridized carbons (Fsp3) is 0.545. The van der Waals surface area contributed by atoms with Crippen LogP contribution in [0.2, 0.25) is 0 Å². The number of carbonyl (C=O) groups is 1. The summed E-state index contributed by atoms with van der Waals surface area (Å²) in [5.74, 6) is -0.0988. The van der Waals surface area contributed by atoms with Crippen molar-refractivity contribution in [2.75, 3.05) is 19.8 Å². The van der Waals surface area contributed by atoms with E-state index in [0.29, 0.717) is 24.7 Å². The fourth-order valence-electron chi connectivity index (χ4n) is 1.70. The summed E-state index contributed by atoms with van der Waals surface area (Å²) in [5, 5.41) is 0. The van der Waals surface area contributed by atoms with Crippen molar-refractivity contribution in [2.45, 2.75) is 17.1 Å². The summed E-state index contributed by atoms with van der Waals surface area (Å²) in [6.07, 6.45) is 0.964. The Labute approximate surface area is 119 Å². The van der Waals surface area contributed by atoms with Crippen molar-refractivity contribution in [1.82, 2.24) is 0 Å². The molecule has 0 spiro atoms. The van der Waals surface area contributed by atoms with Gasteiger partial charge in [-0.25, -0.2) is 8.42 Å². The van der Waals surface area contributed by atoms with Crippen LogP contribution in [0.4, 0.5) is 0 Å². The van der Waals surface area contributed by atoms with Gasteiger partial charge in [-0.3, -0.25) is 4.79 Å². The monoisotopic (exact) mass is 324 g/mol. The number of carbonyl (C=O) groups excluding carboxylic acids is 1. The van der Waals surface area contributed by atoms with Crippen molar-refractivity contribution >= 4 is 37.0 Å². The number of esters is 1. The minimum atomic E-state index is -3.72. The lowest BCUT2D eigenvalue weighted by atomic mass is 10.1. The van der Waals surface area contributed by atoms with E-state index in [-0.39, 0.29) is 22.5 Å². The third-order valence-corrected chi connectivity index (χ3v) is 5.88. The van der Waals surface area contributed by atoms with Gasteiger partial charge in [-0.2, -0.15) is 0 Å². The van der Waals surface area contributed by atoms with Gasteiger partial charge in [-0.1, -0.05) is 0 Å². The van der Waals surface area contributed by atoms with E-state index < -0.39 is 9.05 Å². The minimum Gasteiger partial charge on any atom is -0.465 e. The first-order valence-electron chi connectivity index (χ1n) is 5.72. The Morgan fingerprint density at radius 3 is 2.89 bits per heavy atom. The lowest BCUT2D eigenvalue weighted by Gasteiger charge is -2.08. The molecule has 0 saturated carbocycles. The SMILES string of the molecule is O=C(Cc1ccc(S(=O)(=O)Cl)s1)OCC1CCOC1. The molecule has 0 amide bonds. The zero-order valence-electron chi connectivity index (χ0n) is 10.0. The van der Waals surface area contributed by atoms with Gasteiger partial charge in [0.15, 0.2) is 0 Å². The van der Waals surface area contributed by atoms with Crippen LogP contribution in [0.1, 0.15) is 11.3 Å². The fourth-order valence-corrected chi connectivity index (χ4v) is 3.81. The van der Waals surface area contributed by atoms with Crippen molar-refractivity contribution in [3.05, 3.63) is 17.0 Å². The Balaban J connectivity index is 1.83. The van der Waals surface area contributed by atoms with Crippen LogP contribution < -0.4 is 0 Å². The van der Waals surface area contributed by atoms with E-state index in [9.17, 15) is 13.2 Å². The summed E-state index contributed by atoms with van der Waals surface area (Å²) in [6, 6.07) is 2.96. The van der Waals surface area contributed by atoms with Crippen LogP contribution in [0.25, 0.3) is 0 Å². The lowest BCUT2D eigenvalue weighted by molar-refractivity contribution is -0.144. The molecule has 1 atom stereocenters. The first kappa shape index (κ1) is 14.8. The number of halogens is 1. The molecule has 2 heterocycles. The van der Waals surface area contributed by atoms with Crippen LogP contribution in [0.3, 0.4) is 0 Å². The molecular formula is C11H13ClO5S2. The Morgan fingerprint density at radius 2 is 2.32 bits per heavy atom. The molecule has 1 aromatic rings. The lowest BCUT2D eigenvalue weighted by Crippen LogP contribution is -2.15. The number of thiophene rings is 1. The van der Waals surface area contributed by atoms with E-state index in [4.69, 9.17) is 20.2 Å². The van der Waals surface area contributed by atoms with Gasteiger partial charge in [0.2, 0.25) is 0 Å². The molecule has 0 N–H and O–H groups in total. The van der Waals surface area contributed by atoms with Crippen LogP contribution in [0, 0.1) is 5.92 Å². The van der Waals surface area contributed by atoms with Crippen LogP contribution in [0.5, 0.6) is 0 Å². The number of hydrogen-bond acceptors (Lipinski definition) is 6. The van der Waals surface area contributed by atoms with Gasteiger partial charge in [0.1, 0.15) is 4.21 Å². The predicted octanol–water partition coefficient (Wildman–Crippen LogP) is 1.80. The standard InChI is InChI=1S/C11H13ClO5S2/c12-19(14,15)11-2-1-9(18-11)5-10(13)17-7-8-3-4-16-6-8/h1-2,8H,3-7H2. The molecule has 106 valence electrons. The third-order valence-electron chi connectivity index (χ3n) is 2.70. The largest absolute Gasteiger partial charge is 0.465 e. The average molecular weight is 325 g/mol. The van der Waals surface area contributed by atoms with Gasteiger partial charge in [-0.05, 0) is 18.6 Å². The summed E-state index contributed by atoms with van der Waals surface area (Å²) in [7, 11) is 1.49. The average Bonchev–Trinajstić information content (AvgIpc) is 2.95. The maximum absolute atomic E-state index is 11.6. The van der Waals surface area contributed by atoms with E-state index in [1.165, 1.54) is 6.07 Å². The van der Waals surface area contributed by atoms with E-state index >= 15 is 0 Å². The molecule has 0 radical (unpaired) electrons. The van der Waals surface area contributed by atoms with Crippen molar-refractivity contribution < 1.29 is 22.7 Å². The summed E-state index contributed by atoms with van der Waals surface area (Å²) >= 11 is 0.981. The molecule has 1 aliphatic rings. The molecule has 0 bridgehead atoms. The second kappa shape index (κ2) is 6.21. The van der Waals surface area contributed by atoms with Gasteiger partial charge in [0, 0.05) is 28.1 Å². The normalized spacial score (nSPS) is 19.5. The quantitative estimate of drug-likeness (QED) is 0.610. The predicted molar refractivity (Wildman–Crippen MR) is 70.9 cm³/mol. The number of hydrogen-bond donors (Lipinski definition) is 0. The molecule has 1 aliphatic heterocycles. The maximum atomic E-state index is 11.6. The second-order valence-electron chi connectivity index (χ2n) is 4.25. The highest BCUT2D eigenvalue weighted by atomic mass is 35.7. The summed E-state index contributed by atoms with van der Waals surface area (Å²) in [6.45, 7) is 1.69. The van der Waals surface area contributed by atoms with Crippen LogP contribution >= 0.6 is 22.0 Å². The molecule has 0 aromatic carbocycles. The van der Waals surface area contributed by atoms with Crippen molar-refractivity contribution in [3.63, 3.8) is 0 Å². The molecule has 0 aliphatic carbocycles. The highest BCUT2D eigenvalue weighted by Gasteiger charge is 2.19. The zero-order valence-corrected chi connectivity index (χ0v) is 12.4. The van der Waals surface area contributed by atoms with E-state index in [0.717, 1.165) is 17.8 Å². The highest BCUT2D eigenvalue weighted by molar-refractivity contribution is 8.15. The van der Waals surface area contributed by atoms with Crippen molar-refractivity contribution in [3.8, 4) is 0 Å². The molecular weight excluding hydrogens is 312 g/mol. The molecule has 5 nitrogen and oxygen atoms in total. The Kier molecular flexibility index (Phi) is 4.83. The molecule has 1 fully saturated rings. The molecule has 8 heteroatoms. The van der Waals surface area contributed by atoms with Crippen molar-refractivity contribution in [1.29, 1.82) is 0 Å². The Bertz CT molecular complexity index is 545. The zero-order chi connectivity index (χ0) is 13.9. The third kappa shape index (κ3) is 4.45. The number of ether oxygens (including phenoxy) is 2. The van der Waals surface area contributed by atoms with Gasteiger partial charge >= 0.3 is 5.97 Å². The molecule has 19 heavy (non-hydrogen) atoms. The Hall–Kier alpha value is -0.630. The van der Waals surface area contributed by atoms with Crippen LogP contribution in [-0.2, 0) is 29.7 Å². The van der Waals surface area contributed by atoms with Gasteiger partial charge in [0.05, 0.1) is 19.6 Å². The summed E-state index contributed by atoms with van der Waals surface area (Å²) < 4.78 is 32.5. The van der Waals surface area contributed by atoms with Gasteiger partial charge in [-0.15, -0.1) is 11.3 Å². The van der Waals surface area contributed by atoms with Gasteiger partial charge in [0.25, 0.3) is 9.05 Å². The molecule has 1 saturated heterocycles. The highest BCUT2D eigenvalue weighted by Crippen LogP contribution is 2.25. The van der Waals surface area contributed by atoms with Gasteiger partial charge < -0.3 is 9.47 Å². The molecule has 1 unspecified atom stereocenters. The van der Waals surface area contributed by atoms with Crippen LogP contribution in [-0.4, -0.2) is 34.2 Å². The topological polar surface area (TPSA) is 69.7 Å². The maximum Gasteiger partial charge on any atom is 0.311 e. The molecule has 2 rings (SSSR count). The summed E-state index contributed by atoms with van der Waals surface area (Å²) in [4.78, 5) is 12.2. The van der Waals surface area contributed by atoms with E-state index in [2.05, 4.69) is 0 Å². The van der Waals surface area contributed by atoms with Crippen molar-refractivity contribution in [2.24, 2.45) is 5.92 Å². The first-order valence-corrected chi connectivity index (χ1v) is 8.84. The smallest absolute Gasteiger partial charge is 0.311 e. The first-order chi connectivity index (χ1) is 8.95. The number of rotatable bonds is 5. The van der Waals surface area contributed by atoms with Crippen LogP contribution in [0.15, 0.2) is 16.3 Å². The second-order valence-corrected chi connectivity index (χ2v) is 8.21. The molecule has 1 aromatic heterocycles.